The summed E-state index contributed by atoms with van der Waals surface area (Å²) in [5.41, 5.74) is 1.47. The number of benzene rings is 1. The number of rotatable bonds is 6. The summed E-state index contributed by atoms with van der Waals surface area (Å²) in [6.45, 7) is 6.29. The van der Waals surface area contributed by atoms with E-state index < -0.39 is 5.92 Å². The molecule has 0 aliphatic carbocycles. The monoisotopic (exact) mass is 439 g/mol. The average Bonchev–Trinajstić information content (AvgIpc) is 3.29. The van der Waals surface area contributed by atoms with Gasteiger partial charge >= 0.3 is 0 Å². The Bertz CT molecular complexity index is 903. The van der Waals surface area contributed by atoms with Gasteiger partial charge in [0.1, 0.15) is 0 Å². The van der Waals surface area contributed by atoms with Crippen molar-refractivity contribution in [3.05, 3.63) is 57.8 Å². The van der Waals surface area contributed by atoms with Crippen molar-refractivity contribution in [2.24, 2.45) is 0 Å². The molecule has 4 rings (SSSR count). The van der Waals surface area contributed by atoms with Crippen LogP contribution in [0.15, 0.2) is 41.8 Å². The highest BCUT2D eigenvalue weighted by Gasteiger charge is 2.42. The third-order valence-electron chi connectivity index (χ3n) is 6.97. The van der Waals surface area contributed by atoms with Gasteiger partial charge in [0.2, 0.25) is 5.91 Å². The van der Waals surface area contributed by atoms with E-state index >= 15 is 0 Å². The zero-order valence-corrected chi connectivity index (χ0v) is 19.5. The molecule has 5 nitrogen and oxygen atoms in total. The van der Waals surface area contributed by atoms with Crippen LogP contribution in [0, 0.1) is 0 Å². The lowest BCUT2D eigenvalue weighted by molar-refractivity contribution is -0.124. The molecule has 1 saturated heterocycles. The maximum absolute atomic E-state index is 13.4. The quantitative estimate of drug-likeness (QED) is 0.678. The maximum atomic E-state index is 13.4. The van der Waals surface area contributed by atoms with Gasteiger partial charge in [-0.3, -0.25) is 14.5 Å². The highest BCUT2D eigenvalue weighted by molar-refractivity contribution is 7.10. The van der Waals surface area contributed by atoms with Crippen LogP contribution >= 0.6 is 11.3 Å². The van der Waals surface area contributed by atoms with Gasteiger partial charge in [-0.1, -0.05) is 30.7 Å². The summed E-state index contributed by atoms with van der Waals surface area (Å²) in [5.74, 6) is -0.415. The zero-order valence-electron chi connectivity index (χ0n) is 18.7. The van der Waals surface area contributed by atoms with Crippen LogP contribution in [-0.4, -0.2) is 53.8 Å². The fraction of sp³-hybridized carbons (Fsp3) is 0.520. The van der Waals surface area contributed by atoms with E-state index in [2.05, 4.69) is 24.1 Å². The number of carbonyl (C=O) groups is 2. The molecule has 3 heterocycles. The average molecular weight is 440 g/mol. The molecule has 0 saturated carbocycles. The standard InChI is InChI=1S/C25H33N3O2S/c1-17-9-6-10-18(2)28(17)15-8-14-26-24(29)22-19-11-4-5-12-20(19)25(30)27(3)23(22)21-13-7-16-31-21/h4-5,7,11-13,16-18,22-23H,6,8-10,14-15H2,1-3H3,(H,26,29). The minimum Gasteiger partial charge on any atom is -0.355 e. The Morgan fingerprint density at radius 3 is 2.58 bits per heavy atom. The van der Waals surface area contributed by atoms with Crippen LogP contribution in [0.5, 0.6) is 0 Å². The third kappa shape index (κ3) is 4.41. The first-order valence-electron chi connectivity index (χ1n) is 11.4. The molecule has 1 aromatic carbocycles. The largest absolute Gasteiger partial charge is 0.355 e. The molecule has 4 unspecified atom stereocenters. The number of likely N-dealkylation sites (tertiary alicyclic amines) is 1. The van der Waals surface area contributed by atoms with Crippen LogP contribution in [0.1, 0.15) is 72.3 Å². The molecule has 6 heteroatoms. The van der Waals surface area contributed by atoms with E-state index in [0.29, 0.717) is 24.2 Å². The Hall–Kier alpha value is -2.18. The van der Waals surface area contributed by atoms with Crippen molar-refractivity contribution < 1.29 is 9.59 Å². The summed E-state index contributed by atoms with van der Waals surface area (Å²) in [7, 11) is 1.81. The van der Waals surface area contributed by atoms with Gasteiger partial charge in [-0.05, 0) is 56.2 Å². The van der Waals surface area contributed by atoms with E-state index in [1.165, 1.54) is 19.3 Å². The Morgan fingerprint density at radius 1 is 1.13 bits per heavy atom. The predicted molar refractivity (Wildman–Crippen MR) is 125 cm³/mol. The van der Waals surface area contributed by atoms with Crippen molar-refractivity contribution in [2.75, 3.05) is 20.1 Å². The lowest BCUT2D eigenvalue weighted by Gasteiger charge is -2.39. The minimum absolute atomic E-state index is 0.00458. The fourth-order valence-corrected chi connectivity index (χ4v) is 6.18. The summed E-state index contributed by atoms with van der Waals surface area (Å²) in [5, 5.41) is 5.19. The first-order valence-corrected chi connectivity index (χ1v) is 12.3. The van der Waals surface area contributed by atoms with Gasteiger partial charge in [-0.2, -0.15) is 0 Å². The van der Waals surface area contributed by atoms with Gasteiger partial charge in [0, 0.05) is 42.7 Å². The topological polar surface area (TPSA) is 52.7 Å². The van der Waals surface area contributed by atoms with Crippen LogP contribution in [0.25, 0.3) is 0 Å². The number of hydrogen-bond acceptors (Lipinski definition) is 4. The van der Waals surface area contributed by atoms with Crippen LogP contribution in [0.4, 0.5) is 0 Å². The Kier molecular flexibility index (Phi) is 6.77. The van der Waals surface area contributed by atoms with E-state index in [0.717, 1.165) is 23.4 Å². The van der Waals surface area contributed by atoms with Gasteiger partial charge in [-0.15, -0.1) is 11.3 Å². The number of piperidine rings is 1. The van der Waals surface area contributed by atoms with Crippen molar-refractivity contribution in [1.29, 1.82) is 0 Å². The molecule has 0 radical (unpaired) electrons. The van der Waals surface area contributed by atoms with E-state index in [4.69, 9.17) is 0 Å². The summed E-state index contributed by atoms with van der Waals surface area (Å²) < 4.78 is 0. The van der Waals surface area contributed by atoms with E-state index in [1.807, 2.05) is 48.8 Å². The molecule has 1 N–H and O–H groups in total. The van der Waals surface area contributed by atoms with E-state index in [-0.39, 0.29) is 17.9 Å². The summed E-state index contributed by atoms with van der Waals surface area (Å²) in [6, 6.07) is 12.5. The number of nitrogens with one attached hydrogen (secondary N) is 1. The van der Waals surface area contributed by atoms with Gasteiger partial charge < -0.3 is 10.2 Å². The van der Waals surface area contributed by atoms with E-state index in [1.54, 1.807) is 16.2 Å². The van der Waals surface area contributed by atoms with Crippen molar-refractivity contribution in [3.8, 4) is 0 Å². The molecule has 2 amide bonds. The SMILES string of the molecule is CC1CCCC(C)N1CCCNC(=O)C1c2ccccc2C(=O)N(C)C1c1cccs1. The first kappa shape index (κ1) is 22.0. The van der Waals surface area contributed by atoms with Crippen LogP contribution < -0.4 is 5.32 Å². The van der Waals surface area contributed by atoms with Crippen molar-refractivity contribution >= 4 is 23.2 Å². The molecule has 31 heavy (non-hydrogen) atoms. The Labute approximate surface area is 189 Å². The number of likely N-dealkylation sites (N-methyl/N-ethyl adjacent to an activating group) is 1. The minimum atomic E-state index is -0.398. The highest BCUT2D eigenvalue weighted by atomic mass is 32.1. The Morgan fingerprint density at radius 2 is 1.87 bits per heavy atom. The second-order valence-corrected chi connectivity index (χ2v) is 9.93. The molecule has 2 aliphatic heterocycles. The molecular formula is C25H33N3O2S. The number of hydrogen-bond donors (Lipinski definition) is 1. The second kappa shape index (κ2) is 9.53. The highest BCUT2D eigenvalue weighted by Crippen LogP contribution is 2.43. The van der Waals surface area contributed by atoms with Gasteiger partial charge in [-0.25, -0.2) is 0 Å². The molecule has 4 atom stereocenters. The smallest absolute Gasteiger partial charge is 0.254 e. The molecule has 0 bridgehead atoms. The number of fused-ring (bicyclic) bond motifs is 1. The molecule has 1 aromatic heterocycles. The van der Waals surface area contributed by atoms with Crippen molar-refractivity contribution in [2.45, 2.75) is 63.6 Å². The molecule has 2 aromatic rings. The van der Waals surface area contributed by atoms with E-state index in [9.17, 15) is 9.59 Å². The number of nitrogens with zero attached hydrogens (tertiary/aromatic N) is 2. The first-order chi connectivity index (χ1) is 15.0. The Balaban J connectivity index is 1.48. The molecule has 0 spiro atoms. The fourth-order valence-electron chi connectivity index (χ4n) is 5.27. The number of thiophene rings is 1. The normalized spacial score (nSPS) is 26.5. The lowest BCUT2D eigenvalue weighted by Crippen LogP contribution is -2.46. The van der Waals surface area contributed by atoms with Crippen molar-refractivity contribution in [1.82, 2.24) is 15.1 Å². The predicted octanol–water partition coefficient (Wildman–Crippen LogP) is 4.43. The molecule has 2 aliphatic rings. The molecular weight excluding hydrogens is 406 g/mol. The van der Waals surface area contributed by atoms with Crippen LogP contribution in [0.3, 0.4) is 0 Å². The number of amides is 2. The number of carbonyl (C=O) groups excluding carboxylic acids is 2. The maximum Gasteiger partial charge on any atom is 0.254 e. The zero-order chi connectivity index (χ0) is 22.0. The summed E-state index contributed by atoms with van der Waals surface area (Å²) in [4.78, 5) is 31.8. The molecule has 166 valence electrons. The van der Waals surface area contributed by atoms with Gasteiger partial charge in [0.05, 0.1) is 12.0 Å². The summed E-state index contributed by atoms with van der Waals surface area (Å²) >= 11 is 1.60. The summed E-state index contributed by atoms with van der Waals surface area (Å²) in [6.07, 6.45) is 4.77. The van der Waals surface area contributed by atoms with Gasteiger partial charge in [0.15, 0.2) is 0 Å². The van der Waals surface area contributed by atoms with Gasteiger partial charge in [0.25, 0.3) is 5.91 Å². The lowest BCUT2D eigenvalue weighted by atomic mass is 9.81. The van der Waals surface area contributed by atoms with Crippen LogP contribution in [-0.2, 0) is 4.79 Å². The third-order valence-corrected chi connectivity index (χ3v) is 7.91. The molecule has 1 fully saturated rings. The second-order valence-electron chi connectivity index (χ2n) is 8.95. The van der Waals surface area contributed by atoms with Crippen LogP contribution in [0.2, 0.25) is 0 Å². The van der Waals surface area contributed by atoms with Crippen molar-refractivity contribution in [3.63, 3.8) is 0 Å².